The Bertz CT molecular complexity index is 835. The van der Waals surface area contributed by atoms with Crippen LogP contribution in [0.25, 0.3) is 0 Å². The van der Waals surface area contributed by atoms with Crippen LogP contribution in [0.4, 0.5) is 11.4 Å². The number of aryl methyl sites for hydroxylation is 2. The minimum absolute atomic E-state index is 0.0164. The van der Waals surface area contributed by atoms with Gasteiger partial charge in [-0.2, -0.15) is 0 Å². The van der Waals surface area contributed by atoms with Crippen LogP contribution in [0.15, 0.2) is 42.5 Å². The summed E-state index contributed by atoms with van der Waals surface area (Å²) in [4.78, 5) is 34.3. The molecule has 2 aromatic carbocycles. The quantitative estimate of drug-likeness (QED) is 0.465. The van der Waals surface area contributed by atoms with Gasteiger partial charge in [-0.3, -0.25) is 14.9 Å². The smallest absolute Gasteiger partial charge is 0.340 e. The molecule has 0 saturated carbocycles. The van der Waals surface area contributed by atoms with Crippen molar-refractivity contribution in [2.24, 2.45) is 0 Å². The molecule has 2 N–H and O–H groups in total. The zero-order valence-electron chi connectivity index (χ0n) is 14.3. The van der Waals surface area contributed by atoms with Crippen molar-refractivity contribution in [1.82, 2.24) is 0 Å². The molecule has 2 aromatic rings. The van der Waals surface area contributed by atoms with Crippen molar-refractivity contribution in [3.8, 4) is 0 Å². The van der Waals surface area contributed by atoms with E-state index < -0.39 is 29.5 Å². The third kappa shape index (κ3) is 4.64. The third-order valence-electron chi connectivity index (χ3n) is 3.77. The third-order valence-corrected chi connectivity index (χ3v) is 3.77. The first kappa shape index (κ1) is 19.1. The second-order valence-electron chi connectivity index (χ2n) is 5.68. The Labute approximate surface area is 149 Å². The first-order valence-electron chi connectivity index (χ1n) is 7.74. The van der Waals surface area contributed by atoms with Crippen LogP contribution in [-0.2, 0) is 14.3 Å². The van der Waals surface area contributed by atoms with E-state index in [1.807, 2.05) is 0 Å². The van der Waals surface area contributed by atoms with Crippen LogP contribution in [0.1, 0.15) is 22.8 Å². The second-order valence-corrected chi connectivity index (χ2v) is 5.68. The summed E-state index contributed by atoms with van der Waals surface area (Å²) in [7, 11) is 0. The van der Waals surface area contributed by atoms with Gasteiger partial charge < -0.3 is 15.2 Å². The van der Waals surface area contributed by atoms with Crippen molar-refractivity contribution in [3.63, 3.8) is 0 Å². The molecule has 0 radical (unpaired) electrons. The molecule has 0 spiro atoms. The fourth-order valence-electron chi connectivity index (χ4n) is 2.23. The SMILES string of the molecule is Cc1cc(NC(=O)COC(=O)[C@H](O)c2ccccc2)c([N+](=O)[O-])cc1C. The Morgan fingerprint density at radius 2 is 1.81 bits per heavy atom. The summed E-state index contributed by atoms with van der Waals surface area (Å²) in [6, 6.07) is 11.0. The Balaban J connectivity index is 2.00. The number of benzene rings is 2. The Morgan fingerprint density at radius 3 is 2.42 bits per heavy atom. The molecule has 0 aromatic heterocycles. The lowest BCUT2D eigenvalue weighted by molar-refractivity contribution is -0.384. The van der Waals surface area contributed by atoms with E-state index >= 15 is 0 Å². The van der Waals surface area contributed by atoms with Crippen molar-refractivity contribution in [3.05, 3.63) is 69.3 Å². The van der Waals surface area contributed by atoms with E-state index in [-0.39, 0.29) is 11.4 Å². The predicted molar refractivity (Wildman–Crippen MR) is 93.6 cm³/mol. The van der Waals surface area contributed by atoms with E-state index in [0.717, 1.165) is 5.56 Å². The van der Waals surface area contributed by atoms with E-state index in [1.165, 1.54) is 12.1 Å². The van der Waals surface area contributed by atoms with Gasteiger partial charge in [0.15, 0.2) is 12.7 Å². The topological polar surface area (TPSA) is 119 Å². The standard InChI is InChI=1S/C18H18N2O6/c1-11-8-14(15(20(24)25)9-12(11)2)19-16(21)10-26-18(23)17(22)13-6-4-3-5-7-13/h3-9,17,22H,10H2,1-2H3,(H,19,21)/t17-/m1/s1. The maximum Gasteiger partial charge on any atom is 0.340 e. The first-order valence-corrected chi connectivity index (χ1v) is 7.74. The number of nitro benzene ring substituents is 1. The lowest BCUT2D eigenvalue weighted by atomic mass is 10.1. The molecule has 136 valence electrons. The van der Waals surface area contributed by atoms with Gasteiger partial charge in [0.2, 0.25) is 0 Å². The van der Waals surface area contributed by atoms with Gasteiger partial charge in [-0.15, -0.1) is 0 Å². The lowest BCUT2D eigenvalue weighted by Gasteiger charge is -2.12. The van der Waals surface area contributed by atoms with E-state index in [1.54, 1.807) is 44.2 Å². The molecule has 0 unspecified atom stereocenters. The summed E-state index contributed by atoms with van der Waals surface area (Å²) in [5, 5.41) is 23.3. The molecule has 0 bridgehead atoms. The number of aliphatic hydroxyl groups excluding tert-OH is 1. The number of amides is 1. The number of carbonyl (C=O) groups excluding carboxylic acids is 2. The summed E-state index contributed by atoms with van der Waals surface area (Å²) < 4.78 is 4.78. The van der Waals surface area contributed by atoms with Crippen LogP contribution in [0, 0.1) is 24.0 Å². The molecule has 0 heterocycles. The van der Waals surface area contributed by atoms with Crippen molar-refractivity contribution < 1.29 is 24.4 Å². The summed E-state index contributed by atoms with van der Waals surface area (Å²) >= 11 is 0. The number of nitro groups is 1. The van der Waals surface area contributed by atoms with Crippen LogP contribution in [0.2, 0.25) is 0 Å². The maximum atomic E-state index is 12.0. The molecule has 1 atom stereocenters. The Morgan fingerprint density at radius 1 is 1.19 bits per heavy atom. The average Bonchev–Trinajstić information content (AvgIpc) is 2.62. The Hall–Kier alpha value is -3.26. The minimum atomic E-state index is -1.51. The molecule has 0 aliphatic carbocycles. The number of carbonyl (C=O) groups is 2. The number of hydrogen-bond donors (Lipinski definition) is 2. The molecule has 8 heteroatoms. The second kappa shape index (κ2) is 8.21. The monoisotopic (exact) mass is 358 g/mol. The highest BCUT2D eigenvalue weighted by atomic mass is 16.6. The summed E-state index contributed by atoms with van der Waals surface area (Å²) in [5.41, 5.74) is 1.58. The number of anilines is 1. The number of esters is 1. The van der Waals surface area contributed by atoms with Crippen molar-refractivity contribution in [2.75, 3.05) is 11.9 Å². The van der Waals surface area contributed by atoms with Crippen LogP contribution in [-0.4, -0.2) is 28.5 Å². The average molecular weight is 358 g/mol. The molecule has 0 aliphatic heterocycles. The highest BCUT2D eigenvalue weighted by Gasteiger charge is 2.21. The highest BCUT2D eigenvalue weighted by Crippen LogP contribution is 2.27. The van der Waals surface area contributed by atoms with Crippen molar-refractivity contribution in [1.29, 1.82) is 0 Å². The van der Waals surface area contributed by atoms with E-state index in [2.05, 4.69) is 5.32 Å². The normalized spacial score (nSPS) is 11.5. The van der Waals surface area contributed by atoms with Crippen LogP contribution in [0.3, 0.4) is 0 Å². The molecule has 0 fully saturated rings. The lowest BCUT2D eigenvalue weighted by Crippen LogP contribution is -2.24. The molecular formula is C18H18N2O6. The molecule has 8 nitrogen and oxygen atoms in total. The largest absolute Gasteiger partial charge is 0.453 e. The van der Waals surface area contributed by atoms with Crippen LogP contribution >= 0.6 is 0 Å². The van der Waals surface area contributed by atoms with Crippen LogP contribution in [0.5, 0.6) is 0 Å². The first-order chi connectivity index (χ1) is 12.3. The Kier molecular flexibility index (Phi) is 6.03. The molecular weight excluding hydrogens is 340 g/mol. The molecule has 0 saturated heterocycles. The number of nitrogens with one attached hydrogen (secondary N) is 1. The fourth-order valence-corrected chi connectivity index (χ4v) is 2.23. The zero-order valence-corrected chi connectivity index (χ0v) is 14.3. The van der Waals surface area contributed by atoms with Gasteiger partial charge in [-0.05, 0) is 36.6 Å². The molecule has 1 amide bonds. The van der Waals surface area contributed by atoms with Gasteiger partial charge in [-0.1, -0.05) is 30.3 Å². The predicted octanol–water partition coefficient (Wildman–Crippen LogP) is 2.43. The summed E-state index contributed by atoms with van der Waals surface area (Å²) in [6.07, 6.45) is -1.51. The van der Waals surface area contributed by atoms with Crippen LogP contribution < -0.4 is 5.32 Å². The van der Waals surface area contributed by atoms with Gasteiger partial charge in [0.1, 0.15) is 5.69 Å². The number of ether oxygens (including phenoxy) is 1. The van der Waals surface area contributed by atoms with Gasteiger partial charge in [0, 0.05) is 6.07 Å². The number of hydrogen-bond acceptors (Lipinski definition) is 6. The molecule has 0 aliphatic rings. The molecule has 2 rings (SSSR count). The fraction of sp³-hybridized carbons (Fsp3) is 0.222. The van der Waals surface area contributed by atoms with Gasteiger partial charge in [-0.25, -0.2) is 4.79 Å². The van der Waals surface area contributed by atoms with Gasteiger partial charge in [0.25, 0.3) is 11.6 Å². The minimum Gasteiger partial charge on any atom is -0.453 e. The summed E-state index contributed by atoms with van der Waals surface area (Å²) in [6.45, 7) is 2.80. The highest BCUT2D eigenvalue weighted by molar-refractivity contribution is 5.95. The number of nitrogens with zero attached hydrogens (tertiary/aromatic N) is 1. The maximum absolute atomic E-state index is 12.0. The van der Waals surface area contributed by atoms with Gasteiger partial charge in [0.05, 0.1) is 4.92 Å². The van der Waals surface area contributed by atoms with Crippen molar-refractivity contribution in [2.45, 2.75) is 20.0 Å². The van der Waals surface area contributed by atoms with E-state index in [4.69, 9.17) is 4.74 Å². The zero-order chi connectivity index (χ0) is 19.3. The molecule has 26 heavy (non-hydrogen) atoms. The summed E-state index contributed by atoms with van der Waals surface area (Å²) in [5.74, 6) is -1.73. The van der Waals surface area contributed by atoms with E-state index in [0.29, 0.717) is 11.1 Å². The number of aliphatic hydroxyl groups is 1. The number of rotatable bonds is 6. The van der Waals surface area contributed by atoms with Crippen molar-refractivity contribution >= 4 is 23.3 Å². The van der Waals surface area contributed by atoms with E-state index in [9.17, 15) is 24.8 Å². The van der Waals surface area contributed by atoms with Gasteiger partial charge >= 0.3 is 5.97 Å².